The van der Waals surface area contributed by atoms with Crippen molar-refractivity contribution in [1.29, 1.82) is 0 Å². The Kier molecular flexibility index (Phi) is 18.5. The molecule has 23 heavy (non-hydrogen) atoms. The van der Waals surface area contributed by atoms with Crippen LogP contribution in [0.15, 0.2) is 12.7 Å². The first kappa shape index (κ1) is 23.4. The number of ether oxygens (including phenoxy) is 1. The van der Waals surface area contributed by atoms with Crippen molar-refractivity contribution in [2.45, 2.75) is 71.1 Å². The van der Waals surface area contributed by atoms with Gasteiger partial charge in [-0.1, -0.05) is 45.1 Å². The van der Waals surface area contributed by atoms with Crippen molar-refractivity contribution in [3.8, 4) is 0 Å². The van der Waals surface area contributed by atoms with E-state index in [1.54, 1.807) is 6.92 Å². The minimum atomic E-state index is -0.714. The first-order chi connectivity index (χ1) is 10.9. The molecule has 0 aromatic heterocycles. The molecule has 0 aliphatic rings. The maximum Gasteiger partial charge on any atom is 0.330 e. The van der Waals surface area contributed by atoms with E-state index in [9.17, 15) is 14.4 Å². The smallest absolute Gasteiger partial charge is 0.330 e. The van der Waals surface area contributed by atoms with Crippen molar-refractivity contribution in [2.24, 2.45) is 0 Å². The van der Waals surface area contributed by atoms with Crippen LogP contribution in [0.3, 0.4) is 0 Å². The van der Waals surface area contributed by atoms with Gasteiger partial charge in [-0.2, -0.15) is 0 Å². The third-order valence-electron chi connectivity index (χ3n) is 2.98. The van der Waals surface area contributed by atoms with Crippen LogP contribution in [-0.4, -0.2) is 34.7 Å². The van der Waals surface area contributed by atoms with E-state index in [4.69, 9.17) is 10.2 Å². The average Bonchev–Trinajstić information content (AvgIpc) is 2.49. The van der Waals surface area contributed by atoms with Gasteiger partial charge in [0.2, 0.25) is 0 Å². The van der Waals surface area contributed by atoms with Gasteiger partial charge in [-0.05, 0) is 19.8 Å². The second kappa shape index (κ2) is 18.2. The fourth-order valence-corrected chi connectivity index (χ4v) is 1.81. The summed E-state index contributed by atoms with van der Waals surface area (Å²) in [6.45, 7) is 5.38. The Bertz CT molecular complexity index is 316. The highest BCUT2D eigenvalue weighted by Crippen LogP contribution is 2.10. The molecule has 0 amide bonds. The highest BCUT2D eigenvalue weighted by Gasteiger charge is 1.98. The number of hydrogen-bond donors (Lipinski definition) is 2. The number of carboxylic acids is 2. The van der Waals surface area contributed by atoms with Crippen LogP contribution in [0, 0.1) is 0 Å². The van der Waals surface area contributed by atoms with Crippen molar-refractivity contribution in [1.82, 2.24) is 0 Å². The maximum absolute atomic E-state index is 10.2. The largest absolute Gasteiger partial charge is 0.481 e. The normalized spacial score (nSPS) is 9.43. The Morgan fingerprint density at radius 3 is 1.39 bits per heavy atom. The predicted octanol–water partition coefficient (Wildman–Crippen LogP) is 3.79. The van der Waals surface area contributed by atoms with Crippen molar-refractivity contribution in [3.05, 3.63) is 12.7 Å². The van der Waals surface area contributed by atoms with Crippen molar-refractivity contribution in [2.75, 3.05) is 6.61 Å². The number of hydrogen-bond acceptors (Lipinski definition) is 4. The van der Waals surface area contributed by atoms with Crippen LogP contribution in [0.5, 0.6) is 0 Å². The predicted molar refractivity (Wildman–Crippen MR) is 88.3 cm³/mol. The zero-order valence-electron chi connectivity index (χ0n) is 14.1. The molecular weight excluding hydrogens is 300 g/mol. The number of unbranched alkanes of at least 4 members (excludes halogenated alkanes) is 7. The Hall–Kier alpha value is -1.85. The fraction of sp³-hybridized carbons (Fsp3) is 0.706. The third-order valence-corrected chi connectivity index (χ3v) is 2.98. The molecule has 0 aliphatic carbocycles. The molecule has 0 aliphatic heterocycles. The zero-order valence-corrected chi connectivity index (χ0v) is 14.1. The van der Waals surface area contributed by atoms with Crippen LogP contribution in [0.25, 0.3) is 0 Å². The average molecular weight is 330 g/mol. The second-order valence-electron chi connectivity index (χ2n) is 5.07. The van der Waals surface area contributed by atoms with Gasteiger partial charge < -0.3 is 14.9 Å². The minimum absolute atomic E-state index is 0.276. The molecule has 0 spiro atoms. The zero-order chi connectivity index (χ0) is 17.9. The van der Waals surface area contributed by atoms with Gasteiger partial charge in [-0.3, -0.25) is 9.59 Å². The molecule has 0 aromatic rings. The van der Waals surface area contributed by atoms with E-state index in [-0.39, 0.29) is 18.8 Å². The van der Waals surface area contributed by atoms with Gasteiger partial charge in [-0.15, -0.1) is 0 Å². The number of esters is 1. The SMILES string of the molecule is C=CC(=O)OCC.O=C(O)CCCCCCCCCCC(=O)O. The Labute approximate surface area is 138 Å². The molecule has 0 saturated heterocycles. The number of aliphatic carboxylic acids is 2. The lowest BCUT2D eigenvalue weighted by Gasteiger charge is -2.00. The molecule has 0 bridgehead atoms. The van der Waals surface area contributed by atoms with Gasteiger partial charge in [0.25, 0.3) is 0 Å². The molecular formula is C17H30O6. The van der Waals surface area contributed by atoms with E-state index in [0.29, 0.717) is 6.61 Å². The number of carbonyl (C=O) groups is 3. The lowest BCUT2D eigenvalue weighted by molar-refractivity contribution is -0.138. The highest BCUT2D eigenvalue weighted by atomic mass is 16.5. The summed E-state index contributed by atoms with van der Waals surface area (Å²) < 4.78 is 4.43. The quantitative estimate of drug-likeness (QED) is 0.303. The topological polar surface area (TPSA) is 101 Å². The van der Waals surface area contributed by atoms with Crippen molar-refractivity contribution in [3.63, 3.8) is 0 Å². The summed E-state index contributed by atoms with van der Waals surface area (Å²) in [5, 5.41) is 16.8. The Morgan fingerprint density at radius 2 is 1.17 bits per heavy atom. The maximum atomic E-state index is 10.2. The summed E-state index contributed by atoms with van der Waals surface area (Å²) in [5.74, 6) is -1.79. The Morgan fingerprint density at radius 1 is 0.826 bits per heavy atom. The fourth-order valence-electron chi connectivity index (χ4n) is 1.81. The molecule has 0 rings (SSSR count). The summed E-state index contributed by atoms with van der Waals surface area (Å²) in [6, 6.07) is 0. The van der Waals surface area contributed by atoms with Gasteiger partial charge in [0.1, 0.15) is 0 Å². The van der Waals surface area contributed by atoms with Crippen molar-refractivity contribution < 1.29 is 29.3 Å². The van der Waals surface area contributed by atoms with Crippen molar-refractivity contribution >= 4 is 17.9 Å². The lowest BCUT2D eigenvalue weighted by atomic mass is 10.1. The first-order valence-electron chi connectivity index (χ1n) is 8.16. The number of carbonyl (C=O) groups excluding carboxylic acids is 1. The minimum Gasteiger partial charge on any atom is -0.481 e. The van der Waals surface area contributed by atoms with Gasteiger partial charge in [0.15, 0.2) is 0 Å². The first-order valence-corrected chi connectivity index (χ1v) is 8.16. The van der Waals surface area contributed by atoms with Gasteiger partial charge in [-0.25, -0.2) is 4.79 Å². The van der Waals surface area contributed by atoms with Gasteiger partial charge in [0.05, 0.1) is 6.61 Å². The molecule has 2 N–H and O–H groups in total. The van der Waals surface area contributed by atoms with E-state index < -0.39 is 11.9 Å². The standard InChI is InChI=1S/C12H22O4.C5H8O2/c13-11(14)9-7-5-3-1-2-4-6-8-10-12(15)16;1-3-5(6)7-4-2/h1-10H2,(H,13,14)(H,15,16);3H,1,4H2,2H3. The summed E-state index contributed by atoms with van der Waals surface area (Å²) in [5.41, 5.74) is 0. The van der Waals surface area contributed by atoms with Crippen LogP contribution >= 0.6 is 0 Å². The molecule has 0 unspecified atom stereocenters. The molecule has 0 atom stereocenters. The van der Waals surface area contributed by atoms with Gasteiger partial charge >= 0.3 is 17.9 Å². The van der Waals surface area contributed by atoms with Gasteiger partial charge in [0, 0.05) is 18.9 Å². The summed E-state index contributed by atoms with van der Waals surface area (Å²) in [7, 11) is 0. The summed E-state index contributed by atoms with van der Waals surface area (Å²) in [6.07, 6.45) is 9.66. The van der Waals surface area contributed by atoms with Crippen LogP contribution in [-0.2, 0) is 19.1 Å². The van der Waals surface area contributed by atoms with E-state index in [2.05, 4.69) is 11.3 Å². The molecule has 6 heteroatoms. The van der Waals surface area contributed by atoms with Crippen LogP contribution in [0.2, 0.25) is 0 Å². The highest BCUT2D eigenvalue weighted by molar-refractivity contribution is 5.81. The molecule has 0 saturated carbocycles. The van der Waals surface area contributed by atoms with Crippen LogP contribution < -0.4 is 0 Å². The number of rotatable bonds is 13. The molecule has 0 fully saturated rings. The van der Waals surface area contributed by atoms with E-state index in [1.807, 2.05) is 0 Å². The third kappa shape index (κ3) is 25.4. The molecule has 6 nitrogen and oxygen atoms in total. The second-order valence-corrected chi connectivity index (χ2v) is 5.07. The van der Waals surface area contributed by atoms with Crippen LogP contribution in [0.4, 0.5) is 0 Å². The lowest BCUT2D eigenvalue weighted by Crippen LogP contribution is -1.97. The van der Waals surface area contributed by atoms with E-state index in [1.165, 1.54) is 0 Å². The molecule has 134 valence electrons. The van der Waals surface area contributed by atoms with Crippen LogP contribution in [0.1, 0.15) is 71.1 Å². The van der Waals surface area contributed by atoms with E-state index in [0.717, 1.165) is 57.4 Å². The Balaban J connectivity index is 0. The monoisotopic (exact) mass is 330 g/mol. The van der Waals surface area contributed by atoms with E-state index >= 15 is 0 Å². The molecule has 0 heterocycles. The molecule has 0 radical (unpaired) electrons. The number of carboxylic acid groups (broad SMARTS) is 2. The molecule has 0 aromatic carbocycles. The summed E-state index contributed by atoms with van der Waals surface area (Å²) in [4.78, 5) is 30.5. The summed E-state index contributed by atoms with van der Waals surface area (Å²) >= 11 is 0.